The van der Waals surface area contributed by atoms with Crippen molar-refractivity contribution in [1.82, 2.24) is 9.29 Å². The SMILES string of the molecule is Cc1ccc(C2CCN(S(=O)(=O)c3cnc(C4CC4)s3)C2C(=O)O)cc1. The first-order valence-electron chi connectivity index (χ1n) is 8.65. The molecule has 2 heterocycles. The molecule has 2 aromatic rings. The van der Waals surface area contributed by atoms with Gasteiger partial charge in [0.1, 0.15) is 6.04 Å². The number of aliphatic carboxylic acids is 1. The Labute approximate surface area is 156 Å². The first kappa shape index (κ1) is 17.6. The Balaban J connectivity index is 1.66. The van der Waals surface area contributed by atoms with Crippen LogP contribution in [0.4, 0.5) is 0 Å². The van der Waals surface area contributed by atoms with Gasteiger partial charge in [0.2, 0.25) is 0 Å². The van der Waals surface area contributed by atoms with Gasteiger partial charge < -0.3 is 5.11 Å². The molecule has 2 aliphatic rings. The molecule has 0 bridgehead atoms. The maximum atomic E-state index is 13.1. The van der Waals surface area contributed by atoms with E-state index < -0.39 is 22.0 Å². The van der Waals surface area contributed by atoms with Crippen LogP contribution in [-0.2, 0) is 14.8 Å². The molecular weight excluding hydrogens is 372 g/mol. The van der Waals surface area contributed by atoms with E-state index in [2.05, 4.69) is 4.98 Å². The molecule has 1 N–H and O–H groups in total. The van der Waals surface area contributed by atoms with Crippen LogP contribution < -0.4 is 0 Å². The van der Waals surface area contributed by atoms with Gasteiger partial charge in [-0.15, -0.1) is 11.3 Å². The highest BCUT2D eigenvalue weighted by Gasteiger charge is 2.47. The molecule has 1 saturated heterocycles. The average Bonchev–Trinajstić information content (AvgIpc) is 3.15. The zero-order chi connectivity index (χ0) is 18.5. The second-order valence-corrected chi connectivity index (χ2v) is 10.2. The number of thiazole rings is 1. The normalized spacial score (nSPS) is 24.0. The Morgan fingerprint density at radius 1 is 1.23 bits per heavy atom. The van der Waals surface area contributed by atoms with E-state index in [-0.39, 0.29) is 16.7 Å². The van der Waals surface area contributed by atoms with Crippen LogP contribution in [0.1, 0.15) is 47.2 Å². The lowest BCUT2D eigenvalue weighted by molar-refractivity contribution is -0.141. The van der Waals surface area contributed by atoms with Crippen molar-refractivity contribution in [3.63, 3.8) is 0 Å². The Morgan fingerprint density at radius 2 is 1.92 bits per heavy atom. The van der Waals surface area contributed by atoms with Crippen LogP contribution in [0.25, 0.3) is 0 Å². The zero-order valence-electron chi connectivity index (χ0n) is 14.3. The van der Waals surface area contributed by atoms with Crippen LogP contribution in [0.5, 0.6) is 0 Å². The van der Waals surface area contributed by atoms with Gasteiger partial charge in [0.25, 0.3) is 10.0 Å². The molecule has 1 aliphatic heterocycles. The minimum absolute atomic E-state index is 0.148. The lowest BCUT2D eigenvalue weighted by Crippen LogP contribution is -2.42. The number of rotatable bonds is 5. The number of nitrogens with zero attached hydrogens (tertiary/aromatic N) is 2. The second kappa shape index (κ2) is 6.44. The summed E-state index contributed by atoms with van der Waals surface area (Å²) in [5.41, 5.74) is 1.95. The topological polar surface area (TPSA) is 87.6 Å². The summed E-state index contributed by atoms with van der Waals surface area (Å²) in [6.45, 7) is 2.17. The number of sulfonamides is 1. The van der Waals surface area contributed by atoms with Gasteiger partial charge in [-0.25, -0.2) is 13.4 Å². The standard InChI is InChI=1S/C18H20N2O4S2/c1-11-2-4-12(5-3-11)14-8-9-20(16(14)18(21)22)26(23,24)15-10-19-17(25-15)13-6-7-13/h2-5,10,13-14,16H,6-9H2,1H3,(H,21,22). The fourth-order valence-electron chi connectivity index (χ4n) is 3.52. The van der Waals surface area contributed by atoms with E-state index in [1.807, 2.05) is 31.2 Å². The number of carboxylic acid groups (broad SMARTS) is 1. The molecule has 1 aromatic heterocycles. The van der Waals surface area contributed by atoms with Crippen molar-refractivity contribution in [1.29, 1.82) is 0 Å². The first-order valence-corrected chi connectivity index (χ1v) is 10.9. The molecule has 1 aromatic carbocycles. The number of carboxylic acids is 1. The molecule has 1 saturated carbocycles. The van der Waals surface area contributed by atoms with Gasteiger partial charge in [0.15, 0.2) is 4.21 Å². The van der Waals surface area contributed by atoms with Crippen LogP contribution in [0.2, 0.25) is 0 Å². The first-order chi connectivity index (χ1) is 12.4. The lowest BCUT2D eigenvalue weighted by Gasteiger charge is -2.23. The molecule has 0 spiro atoms. The fourth-order valence-corrected chi connectivity index (χ4v) is 6.60. The molecule has 0 amide bonds. The Kier molecular flexibility index (Phi) is 4.37. The summed E-state index contributed by atoms with van der Waals surface area (Å²) in [6.07, 6.45) is 3.97. The molecule has 2 atom stereocenters. The lowest BCUT2D eigenvalue weighted by atomic mass is 9.91. The van der Waals surface area contributed by atoms with E-state index in [1.165, 1.54) is 17.5 Å². The largest absolute Gasteiger partial charge is 0.480 e. The maximum absolute atomic E-state index is 13.1. The molecule has 2 unspecified atom stereocenters. The molecule has 138 valence electrons. The number of carbonyl (C=O) groups is 1. The van der Waals surface area contributed by atoms with Gasteiger partial charge in [0.05, 0.1) is 11.2 Å². The fraction of sp³-hybridized carbons (Fsp3) is 0.444. The molecule has 1 aliphatic carbocycles. The monoisotopic (exact) mass is 392 g/mol. The quantitative estimate of drug-likeness (QED) is 0.845. The zero-order valence-corrected chi connectivity index (χ0v) is 16.0. The number of aryl methyl sites for hydroxylation is 1. The Bertz CT molecular complexity index is 932. The van der Waals surface area contributed by atoms with Crippen LogP contribution in [0.15, 0.2) is 34.7 Å². The van der Waals surface area contributed by atoms with E-state index in [9.17, 15) is 18.3 Å². The summed E-state index contributed by atoms with van der Waals surface area (Å²) in [4.78, 5) is 16.2. The van der Waals surface area contributed by atoms with E-state index in [1.54, 1.807) is 0 Å². The van der Waals surface area contributed by atoms with Crippen molar-refractivity contribution in [3.05, 3.63) is 46.6 Å². The van der Waals surface area contributed by atoms with Crippen LogP contribution in [0, 0.1) is 6.92 Å². The molecule has 8 heteroatoms. The van der Waals surface area contributed by atoms with E-state index in [0.717, 1.165) is 33.3 Å². The highest BCUT2D eigenvalue weighted by molar-refractivity contribution is 7.91. The molecule has 26 heavy (non-hydrogen) atoms. The Hall–Kier alpha value is -1.77. The summed E-state index contributed by atoms with van der Waals surface area (Å²) in [5.74, 6) is -1.08. The van der Waals surface area contributed by atoms with E-state index in [0.29, 0.717) is 12.3 Å². The van der Waals surface area contributed by atoms with Gasteiger partial charge in [-0.2, -0.15) is 4.31 Å². The van der Waals surface area contributed by atoms with E-state index in [4.69, 9.17) is 0 Å². The summed E-state index contributed by atoms with van der Waals surface area (Å²) in [5, 5.41) is 10.6. The predicted molar refractivity (Wildman–Crippen MR) is 97.9 cm³/mol. The van der Waals surface area contributed by atoms with E-state index >= 15 is 0 Å². The predicted octanol–water partition coefficient (Wildman–Crippen LogP) is 2.96. The van der Waals surface area contributed by atoms with Crippen molar-refractivity contribution in [2.24, 2.45) is 0 Å². The van der Waals surface area contributed by atoms with Crippen LogP contribution in [0.3, 0.4) is 0 Å². The van der Waals surface area contributed by atoms with Crippen molar-refractivity contribution in [2.75, 3.05) is 6.54 Å². The van der Waals surface area contributed by atoms with Crippen LogP contribution >= 0.6 is 11.3 Å². The summed E-state index contributed by atoms with van der Waals surface area (Å²) < 4.78 is 27.4. The minimum Gasteiger partial charge on any atom is -0.480 e. The van der Waals surface area contributed by atoms with Gasteiger partial charge in [0, 0.05) is 18.4 Å². The number of aromatic nitrogens is 1. The molecule has 0 radical (unpaired) electrons. The smallest absolute Gasteiger partial charge is 0.322 e. The number of hydrogen-bond donors (Lipinski definition) is 1. The van der Waals surface area contributed by atoms with Gasteiger partial charge in [-0.1, -0.05) is 29.8 Å². The molecule has 4 rings (SSSR count). The van der Waals surface area contributed by atoms with Gasteiger partial charge in [-0.3, -0.25) is 4.79 Å². The van der Waals surface area contributed by atoms with Crippen molar-refractivity contribution < 1.29 is 18.3 Å². The third-order valence-corrected chi connectivity index (χ3v) is 8.58. The highest BCUT2D eigenvalue weighted by Crippen LogP contribution is 2.44. The molecule has 2 fully saturated rings. The maximum Gasteiger partial charge on any atom is 0.322 e. The molecular formula is C18H20N2O4S2. The minimum atomic E-state index is -3.86. The third kappa shape index (κ3) is 3.06. The average molecular weight is 393 g/mol. The molecule has 6 nitrogen and oxygen atoms in total. The summed E-state index contributed by atoms with van der Waals surface area (Å²) >= 11 is 1.18. The summed E-state index contributed by atoms with van der Waals surface area (Å²) in [6, 6.07) is 6.55. The highest BCUT2D eigenvalue weighted by atomic mass is 32.2. The number of hydrogen-bond acceptors (Lipinski definition) is 5. The van der Waals surface area contributed by atoms with Crippen molar-refractivity contribution in [2.45, 2.75) is 48.3 Å². The van der Waals surface area contributed by atoms with Crippen LogP contribution in [-0.4, -0.2) is 41.4 Å². The van der Waals surface area contributed by atoms with Gasteiger partial charge >= 0.3 is 5.97 Å². The van der Waals surface area contributed by atoms with Crippen molar-refractivity contribution in [3.8, 4) is 0 Å². The number of benzene rings is 1. The van der Waals surface area contributed by atoms with Gasteiger partial charge in [-0.05, 0) is 31.7 Å². The second-order valence-electron chi connectivity index (χ2n) is 7.00. The Morgan fingerprint density at radius 3 is 2.54 bits per heavy atom. The third-order valence-electron chi connectivity index (χ3n) is 5.10. The summed E-state index contributed by atoms with van der Waals surface area (Å²) in [7, 11) is -3.86. The van der Waals surface area contributed by atoms with Crippen molar-refractivity contribution >= 4 is 27.3 Å².